The first-order chi connectivity index (χ1) is 16.2. The number of benzene rings is 2. The Balaban J connectivity index is 1.75. The Hall–Kier alpha value is -3.16. The van der Waals surface area contributed by atoms with Crippen LogP contribution in [0.3, 0.4) is 0 Å². The van der Waals surface area contributed by atoms with Crippen LogP contribution in [0.25, 0.3) is 0 Å². The Morgan fingerprint density at radius 2 is 1.50 bits per heavy atom. The fourth-order valence-electron chi connectivity index (χ4n) is 4.30. The fourth-order valence-corrected chi connectivity index (χ4v) is 4.60. The molecule has 2 aliphatic rings. The summed E-state index contributed by atoms with van der Waals surface area (Å²) >= 11 is 12.1. The van der Waals surface area contributed by atoms with Crippen LogP contribution in [0.5, 0.6) is 5.75 Å². The third kappa shape index (κ3) is 4.21. The molecule has 2 aromatic rings. The quantitative estimate of drug-likeness (QED) is 0.329. The van der Waals surface area contributed by atoms with Crippen molar-refractivity contribution in [1.82, 2.24) is 10.0 Å². The van der Waals surface area contributed by atoms with Gasteiger partial charge in [0.25, 0.3) is 17.7 Å². The zero-order valence-electron chi connectivity index (χ0n) is 18.5. The summed E-state index contributed by atoms with van der Waals surface area (Å²) in [6, 6.07) is 9.46. The van der Waals surface area contributed by atoms with Gasteiger partial charge in [0.05, 0.1) is 29.0 Å². The van der Waals surface area contributed by atoms with Gasteiger partial charge in [0.2, 0.25) is 0 Å². The molecule has 1 heterocycles. The van der Waals surface area contributed by atoms with Gasteiger partial charge in [-0.25, -0.2) is 5.01 Å². The molecule has 0 bridgehead atoms. The van der Waals surface area contributed by atoms with Gasteiger partial charge in [-0.1, -0.05) is 35.4 Å². The molecule has 7 nitrogen and oxygen atoms in total. The summed E-state index contributed by atoms with van der Waals surface area (Å²) in [7, 11) is 1.51. The lowest BCUT2D eigenvalue weighted by atomic mass is 9.85. The van der Waals surface area contributed by atoms with Crippen molar-refractivity contribution in [3.05, 3.63) is 75.8 Å². The lowest BCUT2D eigenvalue weighted by molar-refractivity contribution is -0.156. The van der Waals surface area contributed by atoms with Crippen molar-refractivity contribution in [3.63, 3.8) is 0 Å². The molecule has 1 saturated heterocycles. The zero-order chi connectivity index (χ0) is 24.6. The van der Waals surface area contributed by atoms with Crippen LogP contribution in [-0.2, 0) is 9.59 Å². The smallest absolute Gasteiger partial charge is 0.273 e. The average molecular weight is 501 g/mol. The van der Waals surface area contributed by atoms with Gasteiger partial charge < -0.3 is 4.74 Å². The summed E-state index contributed by atoms with van der Waals surface area (Å²) in [5.74, 6) is -2.71. The second-order valence-corrected chi connectivity index (χ2v) is 9.01. The Kier molecular flexibility index (Phi) is 6.77. The average Bonchev–Trinajstić information content (AvgIpc) is 3.10. The highest BCUT2D eigenvalue weighted by Crippen LogP contribution is 2.37. The van der Waals surface area contributed by atoms with Crippen molar-refractivity contribution in [2.24, 2.45) is 11.8 Å². The lowest BCUT2D eigenvalue weighted by Gasteiger charge is -2.34. The van der Waals surface area contributed by atoms with Crippen LogP contribution >= 0.6 is 23.2 Å². The summed E-state index contributed by atoms with van der Waals surface area (Å²) in [5, 5.41) is 2.19. The second kappa shape index (κ2) is 9.60. The molecule has 0 aromatic heterocycles. The van der Waals surface area contributed by atoms with Gasteiger partial charge in [-0.3, -0.25) is 19.2 Å². The van der Waals surface area contributed by atoms with Crippen molar-refractivity contribution in [1.29, 1.82) is 0 Å². The maximum absolute atomic E-state index is 13.7. The van der Waals surface area contributed by atoms with Crippen LogP contribution in [0.1, 0.15) is 40.5 Å². The van der Waals surface area contributed by atoms with Crippen LogP contribution in [0, 0.1) is 11.8 Å². The van der Waals surface area contributed by atoms with Crippen LogP contribution in [-0.4, -0.2) is 46.7 Å². The van der Waals surface area contributed by atoms with E-state index in [1.54, 1.807) is 24.3 Å². The summed E-state index contributed by atoms with van der Waals surface area (Å²) in [6.07, 6.45) is 4.52. The van der Waals surface area contributed by atoms with Gasteiger partial charge in [-0.2, -0.15) is 5.01 Å². The predicted molar refractivity (Wildman–Crippen MR) is 127 cm³/mol. The third-order valence-electron chi connectivity index (χ3n) is 6.20. The van der Waals surface area contributed by atoms with Crippen LogP contribution in [0.4, 0.5) is 0 Å². The minimum absolute atomic E-state index is 0.0948. The molecule has 0 radical (unpaired) electrons. The molecule has 4 rings (SSSR count). The van der Waals surface area contributed by atoms with E-state index in [9.17, 15) is 19.2 Å². The van der Waals surface area contributed by atoms with E-state index in [1.165, 1.54) is 32.2 Å². The van der Waals surface area contributed by atoms with Crippen LogP contribution < -0.4 is 4.74 Å². The molecule has 0 spiro atoms. The molecule has 1 aliphatic heterocycles. The fraction of sp³-hybridized carbons (Fsp3) is 0.280. The van der Waals surface area contributed by atoms with E-state index in [0.717, 1.165) is 10.0 Å². The Labute approximate surface area is 206 Å². The van der Waals surface area contributed by atoms with E-state index in [4.69, 9.17) is 27.9 Å². The minimum Gasteiger partial charge on any atom is -0.497 e. The van der Waals surface area contributed by atoms with E-state index < -0.39 is 41.4 Å². The normalized spacial score (nSPS) is 20.2. The molecule has 1 fully saturated rings. The number of nitrogens with zero attached hydrogens (tertiary/aromatic N) is 2. The maximum atomic E-state index is 13.7. The van der Waals surface area contributed by atoms with Gasteiger partial charge in [0.15, 0.2) is 5.78 Å². The van der Waals surface area contributed by atoms with Gasteiger partial charge in [0, 0.05) is 11.1 Å². The van der Waals surface area contributed by atoms with Gasteiger partial charge >= 0.3 is 0 Å². The summed E-state index contributed by atoms with van der Waals surface area (Å²) in [5.41, 5.74) is 0.399. The first kappa shape index (κ1) is 24.0. The molecule has 2 aromatic carbocycles. The molecular weight excluding hydrogens is 479 g/mol. The molecule has 34 heavy (non-hydrogen) atoms. The summed E-state index contributed by atoms with van der Waals surface area (Å²) in [4.78, 5) is 53.6. The highest BCUT2D eigenvalue weighted by atomic mass is 35.5. The zero-order valence-corrected chi connectivity index (χ0v) is 20.0. The Bertz CT molecular complexity index is 1170. The van der Waals surface area contributed by atoms with Crippen molar-refractivity contribution in [3.8, 4) is 5.75 Å². The number of hydrazine groups is 1. The number of carbonyl (C=O) groups excluding carboxylic acids is 4. The van der Waals surface area contributed by atoms with Crippen LogP contribution in [0.2, 0.25) is 10.0 Å². The van der Waals surface area contributed by atoms with Crippen molar-refractivity contribution in [2.45, 2.75) is 25.8 Å². The predicted octanol–water partition coefficient (Wildman–Crippen LogP) is 4.58. The lowest BCUT2D eigenvalue weighted by Crippen LogP contribution is -2.56. The van der Waals surface area contributed by atoms with Gasteiger partial charge in [-0.05, 0) is 62.2 Å². The van der Waals surface area contributed by atoms with E-state index in [1.807, 2.05) is 12.2 Å². The van der Waals surface area contributed by atoms with E-state index in [0.29, 0.717) is 24.2 Å². The van der Waals surface area contributed by atoms with Crippen LogP contribution in [0.15, 0.2) is 54.6 Å². The number of methoxy groups -OCH3 is 1. The number of carbonyl (C=O) groups is 4. The number of imide groups is 1. The molecular formula is C25H22Cl2N2O5. The van der Waals surface area contributed by atoms with E-state index >= 15 is 0 Å². The monoisotopic (exact) mass is 500 g/mol. The van der Waals surface area contributed by atoms with Crippen molar-refractivity contribution >= 4 is 46.7 Å². The number of rotatable bonds is 6. The number of halogens is 2. The molecule has 0 saturated carbocycles. The molecule has 176 valence electrons. The molecule has 3 amide bonds. The third-order valence-corrected chi connectivity index (χ3v) is 6.93. The first-order valence-electron chi connectivity index (χ1n) is 10.7. The number of ether oxygens (including phenoxy) is 1. The van der Waals surface area contributed by atoms with Gasteiger partial charge in [0.1, 0.15) is 11.8 Å². The number of Topliss-reactive ketones (excluding diaryl/α,β-unsaturated/α-hetero) is 1. The standard InChI is InChI=1S/C25H22Cl2N2O5/c1-14(22(30)15-7-10-17(34-2)11-8-15)28(23(31)16-9-12-20(26)21(27)13-16)29-24(32)18-5-3-4-6-19(18)25(29)33/h3-4,7-14,18-19H,5-6H2,1-2H3/t14-,18-,19-/m0/s1. The largest absolute Gasteiger partial charge is 0.497 e. The minimum atomic E-state index is -1.16. The Morgan fingerprint density at radius 3 is 2.03 bits per heavy atom. The van der Waals surface area contributed by atoms with E-state index in [-0.39, 0.29) is 15.6 Å². The highest BCUT2D eigenvalue weighted by molar-refractivity contribution is 6.42. The number of allylic oxidation sites excluding steroid dienone is 2. The van der Waals surface area contributed by atoms with E-state index in [2.05, 4.69) is 0 Å². The molecule has 1 aliphatic carbocycles. The van der Waals surface area contributed by atoms with Gasteiger partial charge in [-0.15, -0.1) is 0 Å². The number of ketones is 1. The van der Waals surface area contributed by atoms with Crippen molar-refractivity contribution in [2.75, 3.05) is 7.11 Å². The molecule has 3 atom stereocenters. The van der Waals surface area contributed by atoms with Crippen molar-refractivity contribution < 1.29 is 23.9 Å². The SMILES string of the molecule is COc1ccc(C(=O)[C@H](C)N(C(=O)c2ccc(Cl)c(Cl)c2)N2C(=O)[C@H]3CC=CC[C@@H]3C2=O)cc1. The number of hydrogen-bond donors (Lipinski definition) is 0. The number of amides is 3. The number of hydrogen-bond acceptors (Lipinski definition) is 5. The second-order valence-electron chi connectivity index (χ2n) is 8.19. The molecule has 0 N–H and O–H groups in total. The number of fused-ring (bicyclic) bond motifs is 1. The first-order valence-corrected chi connectivity index (χ1v) is 11.5. The highest BCUT2D eigenvalue weighted by Gasteiger charge is 2.52. The topological polar surface area (TPSA) is 84.0 Å². The molecule has 0 unspecified atom stereocenters. The summed E-state index contributed by atoms with van der Waals surface area (Å²) < 4.78 is 5.13. The maximum Gasteiger partial charge on any atom is 0.273 e. The molecule has 9 heteroatoms. The Morgan fingerprint density at radius 1 is 0.941 bits per heavy atom. The summed E-state index contributed by atoms with van der Waals surface area (Å²) in [6.45, 7) is 1.49.